The first kappa shape index (κ1) is 20.1. The smallest absolute Gasteiger partial charge is 0.336 e. The summed E-state index contributed by atoms with van der Waals surface area (Å²) in [4.78, 5) is 30.4. The van der Waals surface area contributed by atoms with Gasteiger partial charge in [0, 0.05) is 23.7 Å². The van der Waals surface area contributed by atoms with E-state index >= 15 is 0 Å². The summed E-state index contributed by atoms with van der Waals surface area (Å²) in [5.41, 5.74) is 2.33. The fourth-order valence-electron chi connectivity index (χ4n) is 4.32. The van der Waals surface area contributed by atoms with E-state index in [1.165, 1.54) is 13.2 Å². The highest BCUT2D eigenvalue weighted by molar-refractivity contribution is 6.12. The second-order valence-electron chi connectivity index (χ2n) is 8.19. The zero-order chi connectivity index (χ0) is 20.6. The lowest BCUT2D eigenvalue weighted by atomic mass is 9.63. The topological polar surface area (TPSA) is 85.2 Å². The lowest BCUT2D eigenvalue weighted by molar-refractivity contribution is -0.136. The first-order chi connectivity index (χ1) is 13.2. The van der Waals surface area contributed by atoms with Crippen molar-refractivity contribution in [2.24, 2.45) is 16.3 Å². The number of ketones is 1. The SMILES string of the molecule is CCOc1cc([C@H]2C(C(=O)OC)=C(C)N=C3CC(C)(C)CC(=O)C32)ccc1O. The second-order valence-corrected chi connectivity index (χ2v) is 8.19. The average molecular weight is 385 g/mol. The molecule has 0 saturated heterocycles. The highest BCUT2D eigenvalue weighted by Crippen LogP contribution is 2.47. The highest BCUT2D eigenvalue weighted by Gasteiger charge is 2.47. The molecule has 1 unspecified atom stereocenters. The number of ether oxygens (including phenoxy) is 2. The predicted octanol–water partition coefficient (Wildman–Crippen LogP) is 3.78. The molecule has 3 rings (SSSR count). The van der Waals surface area contributed by atoms with Crippen molar-refractivity contribution in [3.63, 3.8) is 0 Å². The second kappa shape index (κ2) is 7.41. The summed E-state index contributed by atoms with van der Waals surface area (Å²) < 4.78 is 10.5. The minimum Gasteiger partial charge on any atom is -0.504 e. The molecule has 0 amide bonds. The number of hydrogen-bond donors (Lipinski definition) is 1. The Morgan fingerprint density at radius 3 is 2.64 bits per heavy atom. The lowest BCUT2D eigenvalue weighted by Crippen LogP contribution is -2.44. The Labute approximate surface area is 165 Å². The summed E-state index contributed by atoms with van der Waals surface area (Å²) in [7, 11) is 1.33. The van der Waals surface area contributed by atoms with E-state index in [1.54, 1.807) is 19.1 Å². The Kier molecular flexibility index (Phi) is 5.33. The number of benzene rings is 1. The van der Waals surface area contributed by atoms with Crippen molar-refractivity contribution in [3.8, 4) is 11.5 Å². The van der Waals surface area contributed by atoms with Gasteiger partial charge < -0.3 is 14.6 Å². The summed E-state index contributed by atoms with van der Waals surface area (Å²) in [5.74, 6) is -1.09. The van der Waals surface area contributed by atoms with E-state index in [0.717, 1.165) is 11.3 Å². The summed E-state index contributed by atoms with van der Waals surface area (Å²) in [6, 6.07) is 4.97. The van der Waals surface area contributed by atoms with Crippen LogP contribution in [0, 0.1) is 11.3 Å². The van der Waals surface area contributed by atoms with Crippen molar-refractivity contribution in [2.75, 3.05) is 13.7 Å². The van der Waals surface area contributed by atoms with Gasteiger partial charge in [0.1, 0.15) is 5.78 Å². The zero-order valence-electron chi connectivity index (χ0n) is 17.0. The first-order valence-corrected chi connectivity index (χ1v) is 9.53. The van der Waals surface area contributed by atoms with E-state index in [2.05, 4.69) is 18.8 Å². The minimum absolute atomic E-state index is 0.0201. The third-order valence-electron chi connectivity index (χ3n) is 5.41. The monoisotopic (exact) mass is 385 g/mol. The van der Waals surface area contributed by atoms with Crippen molar-refractivity contribution < 1.29 is 24.2 Å². The van der Waals surface area contributed by atoms with Gasteiger partial charge in [-0.25, -0.2) is 4.79 Å². The van der Waals surface area contributed by atoms with Gasteiger partial charge in [-0.3, -0.25) is 9.79 Å². The van der Waals surface area contributed by atoms with Crippen molar-refractivity contribution in [3.05, 3.63) is 35.0 Å². The van der Waals surface area contributed by atoms with Crippen LogP contribution in [0.25, 0.3) is 0 Å². The maximum Gasteiger partial charge on any atom is 0.336 e. The predicted molar refractivity (Wildman–Crippen MR) is 106 cm³/mol. The molecule has 28 heavy (non-hydrogen) atoms. The number of fused-ring (bicyclic) bond motifs is 1. The molecule has 1 aromatic rings. The number of aromatic hydroxyl groups is 1. The Balaban J connectivity index is 2.18. The quantitative estimate of drug-likeness (QED) is 0.797. The molecule has 0 aromatic heterocycles. The van der Waals surface area contributed by atoms with Crippen molar-refractivity contribution >= 4 is 17.5 Å². The zero-order valence-corrected chi connectivity index (χ0v) is 17.0. The number of aliphatic imine (C=N–C) groups is 1. The number of phenols is 1. The van der Waals surface area contributed by atoms with Gasteiger partial charge in [0.25, 0.3) is 0 Å². The Morgan fingerprint density at radius 2 is 2.00 bits per heavy atom. The molecule has 2 atom stereocenters. The van der Waals surface area contributed by atoms with Crippen molar-refractivity contribution in [1.82, 2.24) is 0 Å². The van der Waals surface area contributed by atoms with Gasteiger partial charge in [-0.15, -0.1) is 0 Å². The largest absolute Gasteiger partial charge is 0.504 e. The standard InChI is InChI=1S/C22H27NO5/c1-6-28-17-9-13(7-8-15(17)24)19-18(21(26)27-5)12(2)23-14-10-22(3,4)11-16(25)20(14)19/h7-9,19-20,24H,6,10-11H2,1-5H3/t19-,20?/m0/s1. The van der Waals surface area contributed by atoms with Crippen LogP contribution in [-0.2, 0) is 14.3 Å². The van der Waals surface area contributed by atoms with E-state index in [9.17, 15) is 14.7 Å². The summed E-state index contributed by atoms with van der Waals surface area (Å²) in [6.07, 6.45) is 1.12. The maximum absolute atomic E-state index is 13.1. The van der Waals surface area contributed by atoms with Gasteiger partial charge in [-0.2, -0.15) is 0 Å². The molecule has 1 aliphatic heterocycles. The molecule has 0 radical (unpaired) electrons. The molecule has 0 spiro atoms. The highest BCUT2D eigenvalue weighted by atomic mass is 16.5. The molecule has 1 aromatic carbocycles. The van der Waals surface area contributed by atoms with E-state index in [0.29, 0.717) is 36.5 Å². The summed E-state index contributed by atoms with van der Waals surface area (Å²) in [5, 5.41) is 10.1. The van der Waals surface area contributed by atoms with Crippen LogP contribution >= 0.6 is 0 Å². The average Bonchev–Trinajstić information content (AvgIpc) is 2.61. The molecule has 0 bridgehead atoms. The van der Waals surface area contributed by atoms with Gasteiger partial charge in [-0.05, 0) is 43.4 Å². The number of carbonyl (C=O) groups excluding carboxylic acids is 2. The summed E-state index contributed by atoms with van der Waals surface area (Å²) >= 11 is 0. The van der Waals surface area contributed by atoms with Crippen LogP contribution in [0.15, 0.2) is 34.5 Å². The summed E-state index contributed by atoms with van der Waals surface area (Å²) in [6.45, 7) is 8.11. The van der Waals surface area contributed by atoms with Crippen LogP contribution in [-0.4, -0.2) is 36.3 Å². The van der Waals surface area contributed by atoms with Gasteiger partial charge in [0.2, 0.25) is 0 Å². The van der Waals surface area contributed by atoms with Crippen LogP contribution in [0.3, 0.4) is 0 Å². The third kappa shape index (κ3) is 3.55. The van der Waals surface area contributed by atoms with Crippen LogP contribution in [0.2, 0.25) is 0 Å². The number of Topliss-reactive ketones (excluding diaryl/α,β-unsaturated/α-hetero) is 1. The molecular formula is C22H27NO5. The number of phenolic OH excluding ortho intramolecular Hbond substituents is 1. The van der Waals surface area contributed by atoms with Gasteiger partial charge in [0.15, 0.2) is 11.5 Å². The van der Waals surface area contributed by atoms with Crippen LogP contribution in [0.4, 0.5) is 0 Å². The lowest BCUT2D eigenvalue weighted by Gasteiger charge is -2.41. The van der Waals surface area contributed by atoms with Crippen LogP contribution in [0.5, 0.6) is 11.5 Å². The molecular weight excluding hydrogens is 358 g/mol. The Morgan fingerprint density at radius 1 is 1.29 bits per heavy atom. The number of esters is 1. The molecule has 1 fully saturated rings. The first-order valence-electron chi connectivity index (χ1n) is 9.53. The molecule has 150 valence electrons. The van der Waals surface area contributed by atoms with E-state index in [4.69, 9.17) is 9.47 Å². The van der Waals surface area contributed by atoms with Gasteiger partial charge in [-0.1, -0.05) is 19.9 Å². The molecule has 1 N–H and O–H groups in total. The van der Waals surface area contributed by atoms with Crippen molar-refractivity contribution in [2.45, 2.75) is 46.5 Å². The number of hydrogen-bond acceptors (Lipinski definition) is 6. The number of allylic oxidation sites excluding steroid dienone is 1. The number of methoxy groups -OCH3 is 1. The fraction of sp³-hybridized carbons (Fsp3) is 0.500. The fourth-order valence-corrected chi connectivity index (χ4v) is 4.32. The number of rotatable bonds is 4. The number of carbonyl (C=O) groups is 2. The molecule has 6 heteroatoms. The third-order valence-corrected chi connectivity index (χ3v) is 5.41. The maximum atomic E-state index is 13.1. The Hall–Kier alpha value is -2.63. The van der Waals surface area contributed by atoms with Gasteiger partial charge >= 0.3 is 5.97 Å². The van der Waals surface area contributed by atoms with E-state index in [-0.39, 0.29) is 16.9 Å². The van der Waals surface area contributed by atoms with E-state index < -0.39 is 17.8 Å². The van der Waals surface area contributed by atoms with Gasteiger partial charge in [0.05, 0.1) is 25.2 Å². The van der Waals surface area contributed by atoms with Crippen molar-refractivity contribution in [1.29, 1.82) is 0 Å². The van der Waals surface area contributed by atoms with E-state index in [1.807, 2.05) is 6.92 Å². The normalized spacial score (nSPS) is 23.8. The number of nitrogens with zero attached hydrogens (tertiary/aromatic N) is 1. The molecule has 1 aliphatic carbocycles. The molecule has 2 aliphatic rings. The van der Waals surface area contributed by atoms with Crippen LogP contribution in [0.1, 0.15) is 52.0 Å². The Bertz CT molecular complexity index is 881. The molecule has 6 nitrogen and oxygen atoms in total. The molecule has 1 heterocycles. The minimum atomic E-state index is -0.511. The van der Waals surface area contributed by atoms with Crippen LogP contribution < -0.4 is 4.74 Å². The molecule has 1 saturated carbocycles.